The molecule has 2 atom stereocenters. The molecule has 1 rings (SSSR count). The van der Waals surface area contributed by atoms with Crippen LogP contribution in [-0.4, -0.2) is 53.4 Å². The number of alkyl carbamates (subject to hydrolysis) is 1. The summed E-state index contributed by atoms with van der Waals surface area (Å²) in [4.78, 5) is 52.7. The van der Waals surface area contributed by atoms with Crippen LogP contribution in [0.15, 0.2) is 24.3 Å². The Labute approximate surface area is 215 Å². The first-order chi connectivity index (χ1) is 16.9. The van der Waals surface area contributed by atoms with Crippen molar-refractivity contribution in [3.05, 3.63) is 35.4 Å². The standard InChI is InChI=1S/C27H44N4O5/c1-7-9-10-17-29-24(33)23(20-13-11-19(3)12-14-20)31(18-8-2)25(34)21(15-16-22(28)32)30-26(35)36-27(4,5)6/h11-14,21,23H,7-10,15-18H2,1-6H3,(H2,28,32)(H,29,33)(H,30,35). The third-order valence-corrected chi connectivity index (χ3v) is 5.45. The lowest BCUT2D eigenvalue weighted by Gasteiger charge is -2.34. The van der Waals surface area contributed by atoms with E-state index in [2.05, 4.69) is 17.6 Å². The summed E-state index contributed by atoms with van der Waals surface area (Å²) in [7, 11) is 0. The quantitative estimate of drug-likeness (QED) is 0.332. The summed E-state index contributed by atoms with van der Waals surface area (Å²) in [6.07, 6.45) is 2.55. The van der Waals surface area contributed by atoms with Crippen molar-refractivity contribution in [2.45, 2.75) is 97.8 Å². The van der Waals surface area contributed by atoms with Gasteiger partial charge in [-0.3, -0.25) is 14.4 Å². The van der Waals surface area contributed by atoms with Crippen LogP contribution in [0.1, 0.15) is 90.3 Å². The molecule has 4 N–H and O–H groups in total. The van der Waals surface area contributed by atoms with E-state index in [1.54, 1.807) is 20.8 Å². The van der Waals surface area contributed by atoms with Gasteiger partial charge >= 0.3 is 6.09 Å². The van der Waals surface area contributed by atoms with Gasteiger partial charge < -0.3 is 26.0 Å². The van der Waals surface area contributed by atoms with Crippen LogP contribution in [0, 0.1) is 6.92 Å². The van der Waals surface area contributed by atoms with Gasteiger partial charge in [0.25, 0.3) is 0 Å². The third kappa shape index (κ3) is 11.1. The van der Waals surface area contributed by atoms with Crippen molar-refractivity contribution in [2.75, 3.05) is 13.1 Å². The molecule has 0 saturated heterocycles. The second-order valence-electron chi connectivity index (χ2n) is 10.0. The number of nitrogens with one attached hydrogen (secondary N) is 2. The number of nitrogens with zero attached hydrogens (tertiary/aromatic N) is 1. The van der Waals surface area contributed by atoms with Crippen molar-refractivity contribution in [3.8, 4) is 0 Å². The van der Waals surface area contributed by atoms with Crippen molar-refractivity contribution in [3.63, 3.8) is 0 Å². The molecule has 0 aliphatic carbocycles. The Hall–Kier alpha value is -3.10. The molecule has 202 valence electrons. The second-order valence-corrected chi connectivity index (χ2v) is 10.0. The van der Waals surface area contributed by atoms with Crippen molar-refractivity contribution in [1.29, 1.82) is 0 Å². The number of aryl methyl sites for hydroxylation is 1. The molecule has 1 aromatic carbocycles. The van der Waals surface area contributed by atoms with Crippen molar-refractivity contribution in [1.82, 2.24) is 15.5 Å². The lowest BCUT2D eigenvalue weighted by molar-refractivity contribution is -0.142. The third-order valence-electron chi connectivity index (χ3n) is 5.45. The first-order valence-corrected chi connectivity index (χ1v) is 12.8. The fourth-order valence-electron chi connectivity index (χ4n) is 3.71. The molecule has 0 aliphatic heterocycles. The highest BCUT2D eigenvalue weighted by Crippen LogP contribution is 2.24. The van der Waals surface area contributed by atoms with E-state index in [1.807, 2.05) is 38.1 Å². The number of amides is 4. The molecule has 0 spiro atoms. The van der Waals surface area contributed by atoms with Crippen molar-refractivity contribution < 1.29 is 23.9 Å². The summed E-state index contributed by atoms with van der Waals surface area (Å²) < 4.78 is 5.33. The molecule has 0 aromatic heterocycles. The monoisotopic (exact) mass is 504 g/mol. The number of nitrogens with two attached hydrogens (primary N) is 1. The number of rotatable bonds is 14. The number of unbranched alkanes of at least 4 members (excludes halogenated alkanes) is 2. The summed E-state index contributed by atoms with van der Waals surface area (Å²) in [5, 5.41) is 5.56. The summed E-state index contributed by atoms with van der Waals surface area (Å²) in [5.74, 6) is -1.36. The molecule has 4 amide bonds. The van der Waals surface area contributed by atoms with E-state index in [4.69, 9.17) is 10.5 Å². The zero-order chi connectivity index (χ0) is 27.3. The fourth-order valence-corrected chi connectivity index (χ4v) is 3.71. The van der Waals surface area contributed by atoms with Crippen LogP contribution in [-0.2, 0) is 19.1 Å². The van der Waals surface area contributed by atoms with Crippen LogP contribution in [0.2, 0.25) is 0 Å². The first-order valence-electron chi connectivity index (χ1n) is 12.8. The molecule has 9 heteroatoms. The summed E-state index contributed by atoms with van der Waals surface area (Å²) in [6.45, 7) is 11.9. The van der Waals surface area contributed by atoms with Crippen molar-refractivity contribution >= 4 is 23.8 Å². The minimum atomic E-state index is -1.08. The smallest absolute Gasteiger partial charge is 0.408 e. The fraction of sp³-hybridized carbons (Fsp3) is 0.630. The largest absolute Gasteiger partial charge is 0.444 e. The number of hydrogen-bond donors (Lipinski definition) is 3. The molecule has 0 bridgehead atoms. The number of benzene rings is 1. The van der Waals surface area contributed by atoms with Gasteiger partial charge in [-0.05, 0) is 52.5 Å². The number of primary amides is 1. The van der Waals surface area contributed by atoms with Gasteiger partial charge in [0.1, 0.15) is 17.7 Å². The molecular weight excluding hydrogens is 460 g/mol. The van der Waals surface area contributed by atoms with Crippen LogP contribution in [0.5, 0.6) is 0 Å². The van der Waals surface area contributed by atoms with Gasteiger partial charge in [0.15, 0.2) is 0 Å². The van der Waals surface area contributed by atoms with E-state index in [-0.39, 0.29) is 25.3 Å². The highest BCUT2D eigenvalue weighted by molar-refractivity contribution is 5.92. The molecule has 0 radical (unpaired) electrons. The van der Waals surface area contributed by atoms with Crippen LogP contribution in [0.4, 0.5) is 4.79 Å². The minimum absolute atomic E-state index is 0.00758. The highest BCUT2D eigenvalue weighted by Gasteiger charge is 2.35. The normalized spacial score (nSPS) is 12.8. The molecule has 0 saturated carbocycles. The van der Waals surface area contributed by atoms with Crippen LogP contribution in [0.3, 0.4) is 0 Å². The lowest BCUT2D eigenvalue weighted by Crippen LogP contribution is -2.53. The van der Waals surface area contributed by atoms with Gasteiger partial charge in [0.2, 0.25) is 17.7 Å². The maximum atomic E-state index is 13.8. The first kappa shape index (κ1) is 30.9. The summed E-state index contributed by atoms with van der Waals surface area (Å²) in [6, 6.07) is 5.48. The highest BCUT2D eigenvalue weighted by atomic mass is 16.6. The van der Waals surface area contributed by atoms with E-state index in [1.165, 1.54) is 4.90 Å². The Kier molecular flexibility index (Phi) is 13.0. The van der Waals surface area contributed by atoms with Gasteiger partial charge in [-0.15, -0.1) is 0 Å². The molecule has 1 aromatic rings. The van der Waals surface area contributed by atoms with Gasteiger partial charge in [0.05, 0.1) is 0 Å². The summed E-state index contributed by atoms with van der Waals surface area (Å²) in [5.41, 5.74) is 6.25. The minimum Gasteiger partial charge on any atom is -0.444 e. The van der Waals surface area contributed by atoms with E-state index < -0.39 is 35.6 Å². The molecule has 36 heavy (non-hydrogen) atoms. The van der Waals surface area contributed by atoms with Crippen LogP contribution < -0.4 is 16.4 Å². The Morgan fingerprint density at radius 3 is 2.19 bits per heavy atom. The number of hydrogen-bond acceptors (Lipinski definition) is 5. The molecule has 0 aliphatic rings. The maximum absolute atomic E-state index is 13.8. The zero-order valence-corrected chi connectivity index (χ0v) is 22.7. The van der Waals surface area contributed by atoms with Crippen molar-refractivity contribution in [2.24, 2.45) is 5.73 Å². The molecule has 0 heterocycles. The molecule has 0 fully saturated rings. The average Bonchev–Trinajstić information content (AvgIpc) is 2.78. The van der Waals surface area contributed by atoms with Crippen LogP contribution >= 0.6 is 0 Å². The SMILES string of the molecule is CCCCCNC(=O)C(c1ccc(C)cc1)N(CCC)C(=O)C(CCC(N)=O)NC(=O)OC(C)(C)C. The van der Waals surface area contributed by atoms with Gasteiger partial charge in [-0.1, -0.05) is 56.5 Å². The Bertz CT molecular complexity index is 864. The zero-order valence-electron chi connectivity index (χ0n) is 22.7. The summed E-state index contributed by atoms with van der Waals surface area (Å²) >= 11 is 0. The lowest BCUT2D eigenvalue weighted by atomic mass is 10.00. The predicted octanol–water partition coefficient (Wildman–Crippen LogP) is 3.74. The Balaban J connectivity index is 3.34. The number of ether oxygens (including phenoxy) is 1. The Morgan fingerprint density at radius 2 is 1.67 bits per heavy atom. The maximum Gasteiger partial charge on any atom is 0.408 e. The molecule has 2 unspecified atom stereocenters. The molecule has 9 nitrogen and oxygen atoms in total. The number of carbonyl (C=O) groups excluding carboxylic acids is 4. The van der Waals surface area contributed by atoms with E-state index in [9.17, 15) is 19.2 Å². The van der Waals surface area contributed by atoms with Gasteiger partial charge in [-0.25, -0.2) is 4.79 Å². The number of carbonyl (C=O) groups is 4. The van der Waals surface area contributed by atoms with Gasteiger partial charge in [0, 0.05) is 19.5 Å². The van der Waals surface area contributed by atoms with E-state index in [0.29, 0.717) is 18.5 Å². The second kappa shape index (κ2) is 15.1. The van der Waals surface area contributed by atoms with E-state index in [0.717, 1.165) is 24.8 Å². The topological polar surface area (TPSA) is 131 Å². The van der Waals surface area contributed by atoms with Gasteiger partial charge in [-0.2, -0.15) is 0 Å². The van der Waals surface area contributed by atoms with Crippen LogP contribution in [0.25, 0.3) is 0 Å². The van der Waals surface area contributed by atoms with E-state index >= 15 is 0 Å². The predicted molar refractivity (Wildman–Crippen MR) is 140 cm³/mol. The molecular formula is C27H44N4O5. The Morgan fingerprint density at radius 1 is 1.03 bits per heavy atom. The average molecular weight is 505 g/mol.